The van der Waals surface area contributed by atoms with Gasteiger partial charge in [0.15, 0.2) is 0 Å². The van der Waals surface area contributed by atoms with Crippen LogP contribution >= 0.6 is 0 Å². The number of piperidine rings is 1. The van der Waals surface area contributed by atoms with Gasteiger partial charge in [-0.1, -0.05) is 0 Å². The lowest BCUT2D eigenvalue weighted by Gasteiger charge is -2.41. The fourth-order valence-electron chi connectivity index (χ4n) is 5.55. The summed E-state index contributed by atoms with van der Waals surface area (Å²) in [6, 6.07) is 8.53. The van der Waals surface area contributed by atoms with E-state index in [0.717, 1.165) is 6.07 Å². The number of carboxylic acid groups (broad SMARTS) is 1. The molecular formula is C29H34F3N3O4. The molecule has 39 heavy (non-hydrogen) atoms. The quantitative estimate of drug-likeness (QED) is 0.278. The van der Waals surface area contributed by atoms with E-state index in [1.165, 1.54) is 25.4 Å². The summed E-state index contributed by atoms with van der Waals surface area (Å²) < 4.78 is 46.0. The Kier molecular flexibility index (Phi) is 9.29. The van der Waals surface area contributed by atoms with E-state index in [2.05, 4.69) is 15.2 Å². The first kappa shape index (κ1) is 28.6. The molecule has 1 atom stereocenters. The Bertz CT molecular complexity index is 1270. The zero-order chi connectivity index (χ0) is 28.0. The minimum Gasteiger partial charge on any atom is -0.497 e. The zero-order valence-electron chi connectivity index (χ0n) is 21.9. The van der Waals surface area contributed by atoms with Crippen molar-refractivity contribution in [2.24, 2.45) is 5.41 Å². The van der Waals surface area contributed by atoms with Crippen LogP contribution in [0.2, 0.25) is 0 Å². The molecule has 0 amide bonds. The van der Waals surface area contributed by atoms with Crippen LogP contribution in [0.4, 0.5) is 18.9 Å². The van der Waals surface area contributed by atoms with Gasteiger partial charge in [-0.3, -0.25) is 9.78 Å². The summed E-state index contributed by atoms with van der Waals surface area (Å²) in [7, 11) is 1.53. The van der Waals surface area contributed by atoms with Crippen molar-refractivity contribution in [3.05, 3.63) is 65.4 Å². The molecule has 3 aromatic rings. The van der Waals surface area contributed by atoms with Gasteiger partial charge in [-0.05, 0) is 80.1 Å². The maximum Gasteiger partial charge on any atom is 0.303 e. The first-order chi connectivity index (χ1) is 18.7. The van der Waals surface area contributed by atoms with Crippen LogP contribution in [-0.4, -0.2) is 59.4 Å². The molecule has 0 radical (unpaired) electrons. The van der Waals surface area contributed by atoms with E-state index in [1.54, 1.807) is 18.2 Å². The molecule has 4 rings (SSSR count). The summed E-state index contributed by atoms with van der Waals surface area (Å²) in [5.74, 6) is -1.61. The van der Waals surface area contributed by atoms with Crippen LogP contribution in [0.1, 0.15) is 49.3 Å². The monoisotopic (exact) mass is 545 g/mol. The van der Waals surface area contributed by atoms with Gasteiger partial charge in [-0.15, -0.1) is 0 Å². The fraction of sp³-hybridized carbons (Fsp3) is 0.448. The smallest absolute Gasteiger partial charge is 0.303 e. The number of carbonyl (C=O) groups is 1. The van der Waals surface area contributed by atoms with Crippen LogP contribution < -0.4 is 10.1 Å². The number of rotatable bonds is 12. The Morgan fingerprint density at radius 3 is 2.54 bits per heavy atom. The number of anilines is 1. The summed E-state index contributed by atoms with van der Waals surface area (Å²) in [6.45, 7) is 1.66. The van der Waals surface area contributed by atoms with Crippen molar-refractivity contribution in [1.82, 2.24) is 9.88 Å². The third kappa shape index (κ3) is 7.19. The number of benzene rings is 2. The number of hydrogen-bond donors (Lipinski definition) is 3. The number of hydrogen-bond acceptors (Lipinski definition) is 6. The Morgan fingerprint density at radius 2 is 1.90 bits per heavy atom. The van der Waals surface area contributed by atoms with E-state index in [0.29, 0.717) is 78.9 Å². The number of aromatic nitrogens is 1. The number of aliphatic hydroxyl groups excluding tert-OH is 1. The van der Waals surface area contributed by atoms with Crippen molar-refractivity contribution in [1.29, 1.82) is 0 Å². The van der Waals surface area contributed by atoms with Crippen molar-refractivity contribution in [3.8, 4) is 5.75 Å². The number of methoxy groups -OCH3 is 1. The van der Waals surface area contributed by atoms with Gasteiger partial charge >= 0.3 is 5.97 Å². The van der Waals surface area contributed by atoms with Gasteiger partial charge in [0.2, 0.25) is 0 Å². The van der Waals surface area contributed by atoms with Crippen LogP contribution in [0.5, 0.6) is 5.75 Å². The average molecular weight is 546 g/mol. The highest BCUT2D eigenvalue weighted by Gasteiger charge is 2.37. The predicted molar refractivity (Wildman–Crippen MR) is 143 cm³/mol. The Labute approximate surface area is 225 Å². The van der Waals surface area contributed by atoms with E-state index >= 15 is 0 Å². The number of nitrogens with zero attached hydrogens (tertiary/aromatic N) is 2. The molecule has 1 saturated heterocycles. The molecule has 1 fully saturated rings. The van der Waals surface area contributed by atoms with E-state index in [1.807, 2.05) is 0 Å². The number of fused-ring (bicyclic) bond motifs is 1. The van der Waals surface area contributed by atoms with E-state index in [9.17, 15) is 28.2 Å². The number of pyridine rings is 1. The van der Waals surface area contributed by atoms with Gasteiger partial charge < -0.3 is 25.2 Å². The molecule has 3 N–H and O–H groups in total. The third-order valence-electron chi connectivity index (χ3n) is 7.69. The van der Waals surface area contributed by atoms with Gasteiger partial charge in [-0.2, -0.15) is 0 Å². The molecular weight excluding hydrogens is 511 g/mol. The molecule has 1 aromatic heterocycles. The number of alkyl halides is 1. The number of carboxylic acids is 1. The van der Waals surface area contributed by atoms with Crippen LogP contribution in [0.25, 0.3) is 10.9 Å². The highest BCUT2D eigenvalue weighted by molar-refractivity contribution is 5.85. The molecule has 0 aliphatic carbocycles. The van der Waals surface area contributed by atoms with Crippen molar-refractivity contribution >= 4 is 22.6 Å². The molecule has 0 bridgehead atoms. The molecule has 0 spiro atoms. The molecule has 210 valence electrons. The maximum absolute atomic E-state index is 13.9. The van der Waals surface area contributed by atoms with Gasteiger partial charge in [0.25, 0.3) is 0 Å². The number of halogens is 3. The van der Waals surface area contributed by atoms with Crippen LogP contribution in [0.3, 0.4) is 0 Å². The minimum absolute atomic E-state index is 0.0186. The van der Waals surface area contributed by atoms with Crippen molar-refractivity contribution < 1.29 is 32.9 Å². The second-order valence-corrected chi connectivity index (χ2v) is 10.3. The summed E-state index contributed by atoms with van der Waals surface area (Å²) in [5, 5.41) is 24.5. The summed E-state index contributed by atoms with van der Waals surface area (Å²) >= 11 is 0. The SMILES string of the molecule is COc1ccc2ncc(CF)c([C@H](O)CCC3(CC(=O)O)CCN(CCNc4cc(F)cc(F)c4)CC3)c2c1. The van der Waals surface area contributed by atoms with Crippen LogP contribution in [-0.2, 0) is 11.5 Å². The lowest BCUT2D eigenvalue weighted by molar-refractivity contribution is -0.141. The van der Waals surface area contributed by atoms with E-state index < -0.39 is 35.8 Å². The minimum atomic E-state index is -0.993. The van der Waals surface area contributed by atoms with Gasteiger partial charge in [0, 0.05) is 42.0 Å². The predicted octanol–water partition coefficient (Wildman–Crippen LogP) is 5.47. The van der Waals surface area contributed by atoms with Crippen molar-refractivity contribution in [2.75, 3.05) is 38.6 Å². The molecule has 2 heterocycles. The summed E-state index contributed by atoms with van der Waals surface area (Å²) in [6.07, 6.45) is 2.43. The van der Waals surface area contributed by atoms with E-state index in [4.69, 9.17) is 4.74 Å². The molecule has 2 aromatic carbocycles. The second kappa shape index (κ2) is 12.7. The number of likely N-dealkylation sites (tertiary alicyclic amines) is 1. The topological polar surface area (TPSA) is 94.9 Å². The largest absolute Gasteiger partial charge is 0.497 e. The number of aliphatic carboxylic acids is 1. The third-order valence-corrected chi connectivity index (χ3v) is 7.69. The van der Waals surface area contributed by atoms with Gasteiger partial charge in [-0.25, -0.2) is 13.2 Å². The molecule has 0 saturated carbocycles. The highest BCUT2D eigenvalue weighted by Crippen LogP contribution is 2.42. The standard InChI is InChI=1S/C29H34F3N3O4/c1-39-23-2-3-25-24(15-23)28(19(17-30)18-34-25)26(36)4-5-29(16-27(37)38)6-9-35(10-7-29)11-8-33-22-13-20(31)12-21(32)14-22/h2-3,12-15,18,26,33,36H,4-11,16-17H2,1H3,(H,37,38)/t26-/m1/s1. The van der Waals surface area contributed by atoms with Gasteiger partial charge in [0.1, 0.15) is 24.1 Å². The molecule has 7 nitrogen and oxygen atoms in total. The summed E-state index contributed by atoms with van der Waals surface area (Å²) in [4.78, 5) is 18.3. The molecule has 0 unspecified atom stereocenters. The molecule has 1 aliphatic rings. The second-order valence-electron chi connectivity index (χ2n) is 10.3. The number of ether oxygens (including phenoxy) is 1. The molecule has 1 aliphatic heterocycles. The fourth-order valence-corrected chi connectivity index (χ4v) is 5.55. The zero-order valence-corrected chi connectivity index (χ0v) is 21.9. The lowest BCUT2D eigenvalue weighted by Crippen LogP contribution is -2.43. The normalized spacial score (nSPS) is 16.2. The molecule has 10 heteroatoms. The maximum atomic E-state index is 13.9. The number of nitrogens with one attached hydrogen (secondary N) is 1. The Balaban J connectivity index is 1.40. The Hall–Kier alpha value is -3.37. The van der Waals surface area contributed by atoms with Gasteiger partial charge in [0.05, 0.1) is 25.2 Å². The van der Waals surface area contributed by atoms with Crippen LogP contribution in [0.15, 0.2) is 42.6 Å². The first-order valence-corrected chi connectivity index (χ1v) is 13.1. The van der Waals surface area contributed by atoms with Crippen LogP contribution in [0, 0.1) is 17.0 Å². The highest BCUT2D eigenvalue weighted by atomic mass is 19.1. The lowest BCUT2D eigenvalue weighted by atomic mass is 9.71. The van der Waals surface area contributed by atoms with E-state index in [-0.39, 0.29) is 12.8 Å². The Morgan fingerprint density at radius 1 is 1.18 bits per heavy atom. The summed E-state index contributed by atoms with van der Waals surface area (Å²) in [5.41, 5.74) is 1.25. The average Bonchev–Trinajstić information content (AvgIpc) is 2.91. The van der Waals surface area contributed by atoms with Crippen molar-refractivity contribution in [2.45, 2.75) is 44.9 Å². The number of aliphatic hydroxyl groups is 1. The van der Waals surface area contributed by atoms with Crippen molar-refractivity contribution in [3.63, 3.8) is 0 Å². The first-order valence-electron chi connectivity index (χ1n) is 13.1.